The first kappa shape index (κ1) is 25.8. The molecule has 1 aromatic carbocycles. The molecule has 3 aromatic rings. The Morgan fingerprint density at radius 2 is 1.91 bits per heavy atom. The Morgan fingerprint density at radius 3 is 2.53 bits per heavy atom. The van der Waals surface area contributed by atoms with Crippen molar-refractivity contribution < 1.29 is 27.4 Å². The fourth-order valence-corrected chi connectivity index (χ4v) is 4.91. The van der Waals surface area contributed by atoms with E-state index in [4.69, 9.17) is 14.2 Å². The summed E-state index contributed by atoms with van der Waals surface area (Å²) < 4.78 is 43.9. The van der Waals surface area contributed by atoms with Crippen LogP contribution in [0.1, 0.15) is 25.5 Å². The molecule has 2 aromatic heterocycles. The molecular formula is C22H26BrN3O7S. The van der Waals surface area contributed by atoms with Gasteiger partial charge < -0.3 is 14.2 Å². The number of nitrogens with zero attached hydrogens (tertiary/aromatic N) is 3. The summed E-state index contributed by atoms with van der Waals surface area (Å²) in [4.78, 5) is 30.2. The van der Waals surface area contributed by atoms with E-state index in [1.807, 2.05) is 6.92 Å². The molecule has 0 saturated carbocycles. The average molecular weight is 556 g/mol. The van der Waals surface area contributed by atoms with Crippen molar-refractivity contribution >= 4 is 42.9 Å². The Bertz CT molecular complexity index is 1360. The molecule has 34 heavy (non-hydrogen) atoms. The number of aromatic nitrogens is 3. The highest BCUT2D eigenvalue weighted by molar-refractivity contribution is 9.10. The van der Waals surface area contributed by atoms with E-state index >= 15 is 0 Å². The summed E-state index contributed by atoms with van der Waals surface area (Å²) in [7, 11) is -2.05. The molecule has 0 unspecified atom stereocenters. The molecular weight excluding hydrogens is 530 g/mol. The number of methoxy groups -OCH3 is 1. The third kappa shape index (κ3) is 5.61. The second kappa shape index (κ2) is 10.6. The maximum Gasteiger partial charge on any atom is 0.331 e. The lowest BCUT2D eigenvalue weighted by Gasteiger charge is -2.20. The van der Waals surface area contributed by atoms with E-state index in [-0.39, 0.29) is 24.6 Å². The van der Waals surface area contributed by atoms with Gasteiger partial charge in [0.25, 0.3) is 0 Å². The quantitative estimate of drug-likeness (QED) is 0.350. The second-order valence-corrected chi connectivity index (χ2v) is 10.6. The zero-order valence-corrected chi connectivity index (χ0v) is 21.7. The van der Waals surface area contributed by atoms with Crippen molar-refractivity contribution in [3.05, 3.63) is 51.0 Å². The summed E-state index contributed by atoms with van der Waals surface area (Å²) in [6, 6.07) is 5.70. The molecule has 184 valence electrons. The molecule has 0 amide bonds. The third-order valence-electron chi connectivity index (χ3n) is 5.01. The highest BCUT2D eigenvalue weighted by Gasteiger charge is 2.28. The van der Waals surface area contributed by atoms with Gasteiger partial charge in [0, 0.05) is 16.9 Å². The lowest BCUT2D eigenvalue weighted by molar-refractivity contribution is -0.143. The summed E-state index contributed by atoms with van der Waals surface area (Å²) in [5.74, 6) is -0.0737. The van der Waals surface area contributed by atoms with Gasteiger partial charge in [-0.2, -0.15) is 0 Å². The highest BCUT2D eigenvalue weighted by Crippen LogP contribution is 2.33. The molecule has 3 rings (SSSR count). The van der Waals surface area contributed by atoms with E-state index < -0.39 is 27.5 Å². The van der Waals surface area contributed by atoms with Crippen LogP contribution < -0.4 is 15.2 Å². The maximum atomic E-state index is 13.6. The van der Waals surface area contributed by atoms with E-state index in [0.29, 0.717) is 33.7 Å². The van der Waals surface area contributed by atoms with Crippen molar-refractivity contribution in [1.82, 2.24) is 14.1 Å². The topological polar surface area (TPSA) is 119 Å². The molecule has 0 radical (unpaired) electrons. The van der Waals surface area contributed by atoms with Crippen molar-refractivity contribution in [2.45, 2.75) is 26.4 Å². The fraction of sp³-hybridized carbons (Fsp3) is 0.409. The predicted octanol–water partition coefficient (Wildman–Crippen LogP) is 2.56. The Morgan fingerprint density at radius 1 is 1.18 bits per heavy atom. The largest absolute Gasteiger partial charge is 0.493 e. The van der Waals surface area contributed by atoms with Crippen LogP contribution in [0.2, 0.25) is 0 Å². The number of rotatable bonds is 10. The van der Waals surface area contributed by atoms with Gasteiger partial charge in [-0.05, 0) is 53.5 Å². The smallest absolute Gasteiger partial charge is 0.331 e. The molecule has 10 nitrogen and oxygen atoms in total. The Labute approximate surface area is 205 Å². The Kier molecular flexibility index (Phi) is 8.03. The predicted molar refractivity (Wildman–Crippen MR) is 130 cm³/mol. The number of carbonyl (C=O) groups excluding carboxylic acids is 1. The first-order chi connectivity index (χ1) is 16.1. The zero-order valence-electron chi connectivity index (χ0n) is 19.3. The summed E-state index contributed by atoms with van der Waals surface area (Å²) in [5, 5.41) is 0. The molecule has 0 N–H and O–H groups in total. The van der Waals surface area contributed by atoms with Gasteiger partial charge in [-0.3, -0.25) is 13.9 Å². The van der Waals surface area contributed by atoms with Gasteiger partial charge in [-0.25, -0.2) is 18.2 Å². The van der Waals surface area contributed by atoms with E-state index in [2.05, 4.69) is 20.9 Å². The Hall–Kier alpha value is -2.86. The highest BCUT2D eigenvalue weighted by atomic mass is 79.9. The van der Waals surface area contributed by atoms with Crippen molar-refractivity contribution in [3.63, 3.8) is 0 Å². The van der Waals surface area contributed by atoms with E-state index in [9.17, 15) is 18.0 Å². The summed E-state index contributed by atoms with van der Waals surface area (Å²) >= 11 is 3.34. The monoisotopic (exact) mass is 555 g/mol. The zero-order chi connectivity index (χ0) is 25.0. The lowest BCUT2D eigenvalue weighted by atomic mass is 10.1. The SMILES string of the molecule is CCOC(=O)Cn1c(=O)n([C@@H](CS(C)(=O)=O)c2ccc(OC)c(OCC)c2)c2ncc(Br)cc21. The van der Waals surface area contributed by atoms with Crippen molar-refractivity contribution in [2.75, 3.05) is 32.3 Å². The van der Waals surface area contributed by atoms with Gasteiger partial charge in [-0.15, -0.1) is 0 Å². The molecule has 12 heteroatoms. The van der Waals surface area contributed by atoms with E-state index in [0.717, 1.165) is 6.26 Å². The number of hydrogen-bond donors (Lipinski definition) is 0. The molecule has 0 aliphatic carbocycles. The van der Waals surface area contributed by atoms with Gasteiger partial charge in [-0.1, -0.05) is 6.07 Å². The van der Waals surface area contributed by atoms with Gasteiger partial charge >= 0.3 is 11.7 Å². The summed E-state index contributed by atoms with van der Waals surface area (Å²) in [5.41, 5.74) is 0.525. The number of carbonyl (C=O) groups is 1. The van der Waals surface area contributed by atoms with Crippen LogP contribution in [-0.4, -0.2) is 60.8 Å². The van der Waals surface area contributed by atoms with Crippen LogP contribution in [-0.2, 0) is 25.9 Å². The van der Waals surface area contributed by atoms with Crippen LogP contribution in [0.5, 0.6) is 11.5 Å². The summed E-state index contributed by atoms with van der Waals surface area (Å²) in [6.45, 7) is 3.67. The average Bonchev–Trinajstić information content (AvgIpc) is 3.02. The van der Waals surface area contributed by atoms with Crippen LogP contribution in [0.4, 0.5) is 0 Å². The number of pyridine rings is 1. The van der Waals surface area contributed by atoms with E-state index in [1.54, 1.807) is 31.2 Å². The van der Waals surface area contributed by atoms with Crippen LogP contribution in [0.15, 0.2) is 39.7 Å². The van der Waals surface area contributed by atoms with E-state index in [1.165, 1.54) is 22.4 Å². The number of sulfone groups is 1. The molecule has 0 saturated heterocycles. The lowest BCUT2D eigenvalue weighted by Crippen LogP contribution is -2.33. The second-order valence-electron chi connectivity index (χ2n) is 7.49. The number of imidazole rings is 1. The first-order valence-electron chi connectivity index (χ1n) is 10.5. The number of esters is 1. The van der Waals surface area contributed by atoms with Gasteiger partial charge in [0.05, 0.1) is 37.6 Å². The number of fused-ring (bicyclic) bond motifs is 1. The molecule has 0 aliphatic heterocycles. The van der Waals surface area contributed by atoms with Crippen molar-refractivity contribution in [3.8, 4) is 11.5 Å². The fourth-order valence-electron chi connectivity index (χ4n) is 3.67. The van der Waals surface area contributed by atoms with Crippen LogP contribution in [0, 0.1) is 0 Å². The normalized spacial score (nSPS) is 12.5. The van der Waals surface area contributed by atoms with Gasteiger partial charge in [0.15, 0.2) is 17.1 Å². The molecule has 1 atom stereocenters. The number of hydrogen-bond acceptors (Lipinski definition) is 8. The minimum absolute atomic E-state index is 0.164. The van der Waals surface area contributed by atoms with Crippen LogP contribution >= 0.6 is 15.9 Å². The molecule has 2 heterocycles. The molecule has 0 fully saturated rings. The molecule has 0 bridgehead atoms. The van der Waals surface area contributed by atoms with Crippen molar-refractivity contribution in [2.24, 2.45) is 0 Å². The van der Waals surface area contributed by atoms with Crippen LogP contribution in [0.3, 0.4) is 0 Å². The summed E-state index contributed by atoms with van der Waals surface area (Å²) in [6.07, 6.45) is 2.60. The minimum Gasteiger partial charge on any atom is -0.493 e. The van der Waals surface area contributed by atoms with Gasteiger partial charge in [0.2, 0.25) is 0 Å². The maximum absolute atomic E-state index is 13.6. The minimum atomic E-state index is -3.55. The molecule has 0 aliphatic rings. The van der Waals surface area contributed by atoms with Crippen LogP contribution in [0.25, 0.3) is 11.2 Å². The standard InChI is InChI=1S/C22H26BrN3O7S/c1-5-32-19-9-14(7-8-18(19)31-3)17(13-34(4,29)30)26-21-16(10-15(23)11-24-21)25(22(26)28)12-20(27)33-6-2/h7-11,17H,5-6,12-13H2,1-4H3/t17-/m0/s1. The number of ether oxygens (including phenoxy) is 3. The molecule has 0 spiro atoms. The first-order valence-corrected chi connectivity index (χ1v) is 13.3. The Balaban J connectivity index is 2.29. The third-order valence-corrected chi connectivity index (χ3v) is 6.36. The number of benzene rings is 1. The van der Waals surface area contributed by atoms with Crippen molar-refractivity contribution in [1.29, 1.82) is 0 Å². The van der Waals surface area contributed by atoms with Gasteiger partial charge in [0.1, 0.15) is 16.4 Å². The number of halogens is 1.